The standard InChI is InChI=1S/C28H30N2O8/c1-5-23(33)37-21-15-17(29(3)11-13-31)7-9-19(21)25-27(35)26(28(25)36)20-10-8-18(30(4)12-14-32)16-22(20)38-24(34)6-2/h5-10,15-16,31-32,35-36H,1-2,11-14H2,3-4H3. The number of nitrogens with zero attached hydrogens (tertiary/aromatic N) is 2. The van der Waals surface area contributed by atoms with Gasteiger partial charge in [0.1, 0.15) is 23.0 Å². The predicted molar refractivity (Wildman–Crippen MR) is 144 cm³/mol. The van der Waals surface area contributed by atoms with Crippen molar-refractivity contribution in [1.82, 2.24) is 0 Å². The highest BCUT2D eigenvalue weighted by Gasteiger charge is 2.35. The van der Waals surface area contributed by atoms with Crippen LogP contribution in [-0.4, -0.2) is 72.8 Å². The van der Waals surface area contributed by atoms with E-state index in [-0.39, 0.29) is 58.5 Å². The Hall–Kier alpha value is -4.54. The van der Waals surface area contributed by atoms with Crippen molar-refractivity contribution in [2.45, 2.75) is 0 Å². The first-order valence-corrected chi connectivity index (χ1v) is 11.6. The summed E-state index contributed by atoms with van der Waals surface area (Å²) >= 11 is 0. The second-order valence-electron chi connectivity index (χ2n) is 8.35. The lowest BCUT2D eigenvalue weighted by Gasteiger charge is -2.27. The van der Waals surface area contributed by atoms with Crippen molar-refractivity contribution in [1.29, 1.82) is 0 Å². The Morgan fingerprint density at radius 2 is 1.13 bits per heavy atom. The molecule has 0 saturated heterocycles. The van der Waals surface area contributed by atoms with Crippen LogP contribution in [0.4, 0.5) is 11.4 Å². The molecule has 0 fully saturated rings. The van der Waals surface area contributed by atoms with Crippen LogP contribution < -0.4 is 19.3 Å². The molecule has 0 bridgehead atoms. The maximum Gasteiger partial charge on any atom is 0.335 e. The fourth-order valence-corrected chi connectivity index (χ4v) is 3.86. The first kappa shape index (κ1) is 28.0. The van der Waals surface area contributed by atoms with E-state index in [4.69, 9.17) is 9.47 Å². The van der Waals surface area contributed by atoms with Gasteiger partial charge in [0.2, 0.25) is 0 Å². The van der Waals surface area contributed by atoms with Crippen LogP contribution in [0.3, 0.4) is 0 Å². The monoisotopic (exact) mass is 522 g/mol. The summed E-state index contributed by atoms with van der Waals surface area (Å²) in [7, 11) is 3.49. The molecular formula is C28H30N2O8. The minimum absolute atomic E-state index is 0.0331. The van der Waals surface area contributed by atoms with E-state index in [2.05, 4.69) is 13.2 Å². The van der Waals surface area contributed by atoms with Gasteiger partial charge in [-0.1, -0.05) is 13.2 Å². The van der Waals surface area contributed by atoms with E-state index in [1.807, 2.05) is 0 Å². The number of aliphatic hydroxyl groups is 4. The van der Waals surface area contributed by atoms with Gasteiger partial charge in [-0.25, -0.2) is 9.59 Å². The molecule has 2 aromatic carbocycles. The van der Waals surface area contributed by atoms with Crippen molar-refractivity contribution in [3.63, 3.8) is 0 Å². The summed E-state index contributed by atoms with van der Waals surface area (Å²) in [6.07, 6.45) is 1.97. The molecule has 10 heteroatoms. The first-order chi connectivity index (χ1) is 18.2. The molecule has 1 aliphatic rings. The molecule has 0 amide bonds. The zero-order chi connectivity index (χ0) is 28.0. The highest BCUT2D eigenvalue weighted by molar-refractivity contribution is 6.08. The number of hydrogen-bond donors (Lipinski definition) is 4. The van der Waals surface area contributed by atoms with E-state index < -0.39 is 11.9 Å². The van der Waals surface area contributed by atoms with E-state index in [1.165, 1.54) is 0 Å². The lowest BCUT2D eigenvalue weighted by molar-refractivity contribution is -0.129. The van der Waals surface area contributed by atoms with Gasteiger partial charge >= 0.3 is 11.9 Å². The summed E-state index contributed by atoms with van der Waals surface area (Å²) in [6.45, 7) is 7.27. The van der Waals surface area contributed by atoms with Crippen molar-refractivity contribution in [3.8, 4) is 11.5 Å². The Labute approximate surface area is 220 Å². The molecule has 0 saturated carbocycles. The number of allylic oxidation sites excluding steroid dienone is 2. The van der Waals surface area contributed by atoms with Gasteiger partial charge in [-0.3, -0.25) is 0 Å². The fourth-order valence-electron chi connectivity index (χ4n) is 3.86. The van der Waals surface area contributed by atoms with Crippen LogP contribution in [0.15, 0.2) is 73.2 Å². The lowest BCUT2D eigenvalue weighted by atomic mass is 9.83. The smallest absolute Gasteiger partial charge is 0.335 e. The van der Waals surface area contributed by atoms with Gasteiger partial charge in [-0.15, -0.1) is 0 Å². The van der Waals surface area contributed by atoms with Gasteiger partial charge in [-0.05, 0) is 24.3 Å². The minimum atomic E-state index is -0.738. The number of benzene rings is 2. The van der Waals surface area contributed by atoms with Gasteiger partial charge in [0, 0.05) is 74.0 Å². The number of rotatable bonds is 12. The van der Waals surface area contributed by atoms with Gasteiger partial charge in [0.25, 0.3) is 0 Å². The highest BCUT2D eigenvalue weighted by atomic mass is 16.5. The van der Waals surface area contributed by atoms with Gasteiger partial charge in [0.15, 0.2) is 0 Å². The maximum atomic E-state index is 12.0. The van der Waals surface area contributed by atoms with Crippen molar-refractivity contribution < 1.29 is 39.5 Å². The fraction of sp³-hybridized carbons (Fsp3) is 0.214. The third-order valence-electron chi connectivity index (χ3n) is 5.92. The number of likely N-dealkylation sites (N-methyl/N-ethyl adjacent to an activating group) is 2. The summed E-state index contributed by atoms with van der Waals surface area (Å²) in [5.41, 5.74) is 1.79. The normalized spacial score (nSPS) is 12.5. The molecule has 0 atom stereocenters. The minimum Gasteiger partial charge on any atom is -0.506 e. The summed E-state index contributed by atoms with van der Waals surface area (Å²) < 4.78 is 10.8. The van der Waals surface area contributed by atoms with Gasteiger partial charge in [0.05, 0.1) is 24.4 Å². The quantitative estimate of drug-likeness (QED) is 0.187. The van der Waals surface area contributed by atoms with E-state index in [0.717, 1.165) is 12.2 Å². The molecule has 38 heavy (non-hydrogen) atoms. The van der Waals surface area contributed by atoms with E-state index in [0.29, 0.717) is 24.5 Å². The van der Waals surface area contributed by atoms with Gasteiger partial charge in [-0.2, -0.15) is 0 Å². The summed E-state index contributed by atoms with van der Waals surface area (Å²) in [4.78, 5) is 27.5. The SMILES string of the molecule is C=CC(=O)Oc1cc(N(C)CCO)ccc1C1=C(O)C(c2ccc(N(C)CCO)cc2OC(=O)C=C)=C1O. The third kappa shape index (κ3) is 5.72. The molecule has 0 heterocycles. The Kier molecular flexibility index (Phi) is 8.95. The Morgan fingerprint density at radius 1 is 0.763 bits per heavy atom. The van der Waals surface area contributed by atoms with E-state index >= 15 is 0 Å². The largest absolute Gasteiger partial charge is 0.506 e. The summed E-state index contributed by atoms with van der Waals surface area (Å²) in [5, 5.41) is 40.6. The number of carbonyl (C=O) groups excluding carboxylic acids is 2. The van der Waals surface area contributed by atoms with Crippen LogP contribution in [-0.2, 0) is 9.59 Å². The van der Waals surface area contributed by atoms with E-state index in [9.17, 15) is 30.0 Å². The zero-order valence-corrected chi connectivity index (χ0v) is 21.2. The number of aliphatic hydroxyl groups excluding tert-OH is 4. The Balaban J connectivity index is 2.08. The molecule has 1 aliphatic carbocycles. The van der Waals surface area contributed by atoms with Crippen LogP contribution in [0.2, 0.25) is 0 Å². The predicted octanol–water partition coefficient (Wildman–Crippen LogP) is 2.98. The van der Waals surface area contributed by atoms with Crippen LogP contribution in [0.25, 0.3) is 11.1 Å². The Morgan fingerprint density at radius 3 is 1.45 bits per heavy atom. The molecule has 0 unspecified atom stereocenters. The number of carbonyl (C=O) groups is 2. The van der Waals surface area contributed by atoms with Gasteiger partial charge < -0.3 is 39.7 Å². The van der Waals surface area contributed by atoms with Crippen LogP contribution in [0, 0.1) is 0 Å². The van der Waals surface area contributed by atoms with E-state index in [1.54, 1.807) is 60.3 Å². The average Bonchev–Trinajstić information content (AvgIpc) is 2.90. The molecular weight excluding hydrogens is 492 g/mol. The van der Waals surface area contributed by atoms with Crippen LogP contribution in [0.1, 0.15) is 11.1 Å². The molecule has 4 N–H and O–H groups in total. The molecule has 2 aromatic rings. The second-order valence-corrected chi connectivity index (χ2v) is 8.35. The molecule has 10 nitrogen and oxygen atoms in total. The highest BCUT2D eigenvalue weighted by Crippen LogP contribution is 2.49. The van der Waals surface area contributed by atoms with Crippen molar-refractivity contribution >= 4 is 34.5 Å². The van der Waals surface area contributed by atoms with Crippen molar-refractivity contribution in [3.05, 3.63) is 84.4 Å². The van der Waals surface area contributed by atoms with Crippen LogP contribution in [0.5, 0.6) is 11.5 Å². The zero-order valence-electron chi connectivity index (χ0n) is 21.2. The van der Waals surface area contributed by atoms with Crippen molar-refractivity contribution in [2.75, 3.05) is 50.2 Å². The molecule has 0 spiro atoms. The molecule has 0 aromatic heterocycles. The number of anilines is 2. The first-order valence-electron chi connectivity index (χ1n) is 11.6. The number of esters is 2. The number of ether oxygens (including phenoxy) is 2. The topological polar surface area (TPSA) is 140 Å². The average molecular weight is 523 g/mol. The second kappa shape index (κ2) is 12.1. The summed E-state index contributed by atoms with van der Waals surface area (Å²) in [6, 6.07) is 9.59. The molecule has 0 aliphatic heterocycles. The molecule has 200 valence electrons. The maximum absolute atomic E-state index is 12.0. The van der Waals surface area contributed by atoms with Crippen LogP contribution >= 0.6 is 0 Å². The summed E-state index contributed by atoms with van der Waals surface area (Å²) in [5.74, 6) is -1.97. The lowest BCUT2D eigenvalue weighted by Crippen LogP contribution is -2.22. The Bertz CT molecular complexity index is 1220. The van der Waals surface area contributed by atoms with Crippen molar-refractivity contribution in [2.24, 2.45) is 0 Å². The number of hydrogen-bond acceptors (Lipinski definition) is 10. The molecule has 0 radical (unpaired) electrons. The molecule has 3 rings (SSSR count). The third-order valence-corrected chi connectivity index (χ3v) is 5.92.